The maximum Gasteiger partial charge on any atom is 0.417 e. The second kappa shape index (κ2) is 11.2. The van der Waals surface area contributed by atoms with E-state index in [9.17, 15) is 36.0 Å². The molecule has 1 aliphatic carbocycles. The topological polar surface area (TPSA) is 122 Å². The number of sulfone groups is 1. The van der Waals surface area contributed by atoms with Gasteiger partial charge in [-0.1, -0.05) is 23.7 Å². The largest absolute Gasteiger partial charge is 0.417 e. The van der Waals surface area contributed by atoms with E-state index in [2.05, 4.69) is 10.4 Å². The second-order valence-corrected chi connectivity index (χ2v) is 14.2. The van der Waals surface area contributed by atoms with E-state index in [1.165, 1.54) is 39.7 Å². The molecule has 10 nitrogen and oxygen atoms in total. The number of nitrogens with one attached hydrogen (secondary N) is 1. The van der Waals surface area contributed by atoms with Crippen molar-refractivity contribution < 1.29 is 36.0 Å². The number of aromatic nitrogens is 2. The predicted molar refractivity (Wildman–Crippen MR) is 156 cm³/mol. The van der Waals surface area contributed by atoms with E-state index in [4.69, 9.17) is 11.6 Å². The number of hydrogen-bond acceptors (Lipinski definition) is 6. The molecular weight excluding hydrogens is 635 g/mol. The molecule has 3 heterocycles. The summed E-state index contributed by atoms with van der Waals surface area (Å²) in [6, 6.07) is 7.95. The Labute approximate surface area is 262 Å². The van der Waals surface area contributed by atoms with Crippen LogP contribution in [0.1, 0.15) is 69.0 Å². The van der Waals surface area contributed by atoms with Gasteiger partial charge in [-0.2, -0.15) is 18.3 Å². The van der Waals surface area contributed by atoms with E-state index in [0.29, 0.717) is 29.7 Å². The minimum absolute atomic E-state index is 0.00260. The van der Waals surface area contributed by atoms with Crippen molar-refractivity contribution in [3.63, 3.8) is 0 Å². The van der Waals surface area contributed by atoms with Crippen molar-refractivity contribution in [2.24, 2.45) is 0 Å². The maximum absolute atomic E-state index is 13.9. The van der Waals surface area contributed by atoms with Crippen LogP contribution in [0.5, 0.6) is 0 Å². The predicted octanol–water partition coefficient (Wildman–Crippen LogP) is 4.02. The highest BCUT2D eigenvalue weighted by molar-refractivity contribution is 7.92. The van der Waals surface area contributed by atoms with Gasteiger partial charge in [0.1, 0.15) is 11.7 Å². The number of rotatable bonds is 6. The molecule has 15 heteroatoms. The number of carbonyl (C=O) groups is 3. The fraction of sp³-hybridized carbons (Fsp3) is 0.400. The number of hydrogen-bond donors (Lipinski definition) is 1. The van der Waals surface area contributed by atoms with Crippen LogP contribution >= 0.6 is 11.6 Å². The van der Waals surface area contributed by atoms with Crippen molar-refractivity contribution in [1.29, 1.82) is 0 Å². The van der Waals surface area contributed by atoms with Gasteiger partial charge in [-0.3, -0.25) is 14.4 Å². The first-order chi connectivity index (χ1) is 21.2. The summed E-state index contributed by atoms with van der Waals surface area (Å²) in [4.78, 5) is 43.6. The highest BCUT2D eigenvalue weighted by atomic mass is 35.5. The number of halogens is 4. The summed E-state index contributed by atoms with van der Waals surface area (Å²) in [6.45, 7) is 1.71. The minimum atomic E-state index is -4.75. The minimum Gasteiger partial charge on any atom is -0.357 e. The first-order valence-corrected chi connectivity index (χ1v) is 16.2. The van der Waals surface area contributed by atoms with E-state index in [-0.39, 0.29) is 53.4 Å². The van der Waals surface area contributed by atoms with Gasteiger partial charge in [-0.05, 0) is 55.7 Å². The quantitative estimate of drug-likeness (QED) is 0.425. The first kappa shape index (κ1) is 31.1. The van der Waals surface area contributed by atoms with Gasteiger partial charge in [0.2, 0.25) is 5.91 Å². The van der Waals surface area contributed by atoms with Crippen LogP contribution in [0.2, 0.25) is 5.02 Å². The molecule has 6 rings (SSSR count). The molecule has 1 aromatic heterocycles. The van der Waals surface area contributed by atoms with E-state index >= 15 is 0 Å². The van der Waals surface area contributed by atoms with Crippen LogP contribution in [0.15, 0.2) is 47.4 Å². The normalized spacial score (nSPS) is 20.1. The fourth-order valence-electron chi connectivity index (χ4n) is 5.92. The molecule has 0 bridgehead atoms. The van der Waals surface area contributed by atoms with Crippen LogP contribution in [-0.2, 0) is 40.3 Å². The molecule has 45 heavy (non-hydrogen) atoms. The Balaban J connectivity index is 1.31. The van der Waals surface area contributed by atoms with Crippen molar-refractivity contribution in [3.05, 3.63) is 81.1 Å². The van der Waals surface area contributed by atoms with Crippen molar-refractivity contribution in [3.8, 4) is 0 Å². The lowest BCUT2D eigenvalue weighted by molar-refractivity contribution is -0.137. The number of nitrogens with zero attached hydrogens (tertiary/aromatic N) is 4. The fourth-order valence-corrected chi connectivity index (χ4v) is 7.80. The zero-order valence-corrected chi connectivity index (χ0v) is 25.8. The van der Waals surface area contributed by atoms with Gasteiger partial charge >= 0.3 is 6.18 Å². The number of likely N-dealkylation sites (N-methyl/N-ethyl adjacent to an activating group) is 1. The third-order valence-corrected chi connectivity index (χ3v) is 11.1. The summed E-state index contributed by atoms with van der Waals surface area (Å²) in [7, 11) is -1.91. The summed E-state index contributed by atoms with van der Waals surface area (Å²) in [5.74, 6) is -1.49. The standard InChI is InChI=1S/C30H29ClF3N5O5S/c1-16-11-24-21(14-38(16)28(41)18-5-10-23(31)22(12-18)30(32,33)34)26-29(42)37(15-25(27(40)35-2)39(26)36-24)13-17-3-6-19(7-4-17)45(43,44)20-8-9-20/h3-7,10,12,16,20,25H,8-9,11,13-15H2,1-2H3,(H,35,40)/t16-,25+/m1/s1. The summed E-state index contributed by atoms with van der Waals surface area (Å²) in [5.41, 5.74) is 0.388. The molecule has 0 saturated heterocycles. The molecule has 3 amide bonds. The van der Waals surface area contributed by atoms with E-state index in [0.717, 1.165) is 12.1 Å². The Morgan fingerprint density at radius 1 is 1.11 bits per heavy atom. The molecule has 3 aromatic rings. The number of amides is 3. The average Bonchev–Trinajstić information content (AvgIpc) is 3.79. The first-order valence-electron chi connectivity index (χ1n) is 14.3. The van der Waals surface area contributed by atoms with Crippen LogP contribution in [0.3, 0.4) is 0 Å². The molecule has 0 spiro atoms. The Morgan fingerprint density at radius 3 is 2.42 bits per heavy atom. The number of benzene rings is 2. The average molecular weight is 664 g/mol. The van der Waals surface area contributed by atoms with E-state index < -0.39 is 50.5 Å². The van der Waals surface area contributed by atoms with Gasteiger partial charge < -0.3 is 15.1 Å². The summed E-state index contributed by atoms with van der Waals surface area (Å²) < 4.78 is 67.1. The number of fused-ring (bicyclic) bond motifs is 3. The van der Waals surface area contributed by atoms with Gasteiger partial charge in [0.15, 0.2) is 9.84 Å². The lowest BCUT2D eigenvalue weighted by Crippen LogP contribution is -2.48. The molecule has 2 aromatic carbocycles. The molecule has 0 radical (unpaired) electrons. The molecule has 0 unspecified atom stereocenters. The Bertz CT molecular complexity index is 1820. The van der Waals surface area contributed by atoms with Crippen molar-refractivity contribution in [1.82, 2.24) is 24.9 Å². The van der Waals surface area contributed by atoms with E-state index in [1.807, 2.05) is 0 Å². The maximum atomic E-state index is 13.9. The van der Waals surface area contributed by atoms with Crippen molar-refractivity contribution >= 4 is 39.2 Å². The van der Waals surface area contributed by atoms with Gasteiger partial charge in [-0.15, -0.1) is 0 Å². The lowest BCUT2D eigenvalue weighted by Gasteiger charge is -2.35. The van der Waals surface area contributed by atoms with Crippen LogP contribution in [-0.4, -0.2) is 70.6 Å². The summed E-state index contributed by atoms with van der Waals surface area (Å²) in [5, 5.41) is 6.33. The van der Waals surface area contributed by atoms with Gasteiger partial charge in [0, 0.05) is 37.2 Å². The molecule has 1 fully saturated rings. The SMILES string of the molecule is CNC(=O)[C@@H]1CN(Cc2ccc(S(=O)(=O)C3CC3)cc2)C(=O)c2c3c(nn21)C[C@@H](C)N(C(=O)c1ccc(Cl)c(C(F)(F)F)c1)C3. The van der Waals surface area contributed by atoms with Crippen LogP contribution < -0.4 is 5.32 Å². The van der Waals surface area contributed by atoms with Gasteiger partial charge in [0.25, 0.3) is 11.8 Å². The van der Waals surface area contributed by atoms with E-state index in [1.54, 1.807) is 19.1 Å². The number of carbonyl (C=O) groups excluding carboxylic acids is 3. The molecule has 2 aliphatic heterocycles. The smallest absolute Gasteiger partial charge is 0.357 e. The second-order valence-electron chi connectivity index (χ2n) is 11.6. The van der Waals surface area contributed by atoms with Crippen LogP contribution in [0.25, 0.3) is 0 Å². The molecule has 2 atom stereocenters. The zero-order valence-electron chi connectivity index (χ0n) is 24.3. The van der Waals surface area contributed by atoms with Crippen LogP contribution in [0.4, 0.5) is 13.2 Å². The Morgan fingerprint density at radius 2 is 1.80 bits per heavy atom. The monoisotopic (exact) mass is 663 g/mol. The number of alkyl halides is 3. The lowest BCUT2D eigenvalue weighted by atomic mass is 9.97. The van der Waals surface area contributed by atoms with Gasteiger partial charge in [-0.25, -0.2) is 13.1 Å². The summed E-state index contributed by atoms with van der Waals surface area (Å²) >= 11 is 5.76. The van der Waals surface area contributed by atoms with Crippen molar-refractivity contribution in [2.45, 2.75) is 67.7 Å². The molecule has 3 aliphatic rings. The molecule has 1 N–H and O–H groups in total. The Hall–Kier alpha value is -3.91. The highest BCUT2D eigenvalue weighted by Crippen LogP contribution is 2.37. The zero-order chi connectivity index (χ0) is 32.4. The summed E-state index contributed by atoms with van der Waals surface area (Å²) in [6.07, 6.45) is -3.26. The van der Waals surface area contributed by atoms with Crippen LogP contribution in [0, 0.1) is 0 Å². The highest BCUT2D eigenvalue weighted by Gasteiger charge is 2.43. The molecule has 238 valence electrons. The van der Waals surface area contributed by atoms with Crippen molar-refractivity contribution in [2.75, 3.05) is 13.6 Å². The molecule has 1 saturated carbocycles. The molecular formula is C30H29ClF3N5O5S. The van der Waals surface area contributed by atoms with Gasteiger partial charge in [0.05, 0.1) is 39.5 Å². The third kappa shape index (κ3) is 5.58. The Kier molecular flexibility index (Phi) is 7.71. The third-order valence-electron chi connectivity index (χ3n) is 8.54.